The standard InChI is InChI=1S/C50H97NO4S/c1-5-9-13-17-21-23-27-30-36-46(35-29-25-19-15-11-7-3)49(52)54-45-48(39-33-34-40-51-41-43-56-44-42-51)55-50(53)47(37-31-26-20-16-12-8-4)38-32-28-24-22-18-14-10-6-2/h46-48H,5-45H2,1-4H3. The van der Waals surface area contributed by atoms with E-state index in [1.54, 1.807) is 0 Å². The van der Waals surface area contributed by atoms with Crippen LogP contribution in [0.2, 0.25) is 0 Å². The molecule has 0 bridgehead atoms. The van der Waals surface area contributed by atoms with Crippen LogP contribution in [0.4, 0.5) is 0 Å². The van der Waals surface area contributed by atoms with Gasteiger partial charge in [-0.25, -0.2) is 0 Å². The van der Waals surface area contributed by atoms with Crippen molar-refractivity contribution in [2.24, 2.45) is 11.8 Å². The Morgan fingerprint density at radius 2 is 0.786 bits per heavy atom. The van der Waals surface area contributed by atoms with Crippen molar-refractivity contribution in [1.29, 1.82) is 0 Å². The Bertz CT molecular complexity index is 849. The summed E-state index contributed by atoms with van der Waals surface area (Å²) in [6.07, 6.45) is 41.6. The molecule has 1 aliphatic rings. The van der Waals surface area contributed by atoms with E-state index >= 15 is 0 Å². The normalized spacial score (nSPS) is 15.1. The number of nitrogens with zero attached hydrogens (tertiary/aromatic N) is 1. The van der Waals surface area contributed by atoms with Crippen LogP contribution in [-0.4, -0.2) is 60.7 Å². The summed E-state index contributed by atoms with van der Waals surface area (Å²) >= 11 is 2.06. The van der Waals surface area contributed by atoms with Gasteiger partial charge in [0.2, 0.25) is 0 Å². The third kappa shape index (κ3) is 32.1. The van der Waals surface area contributed by atoms with Crippen LogP contribution in [0.15, 0.2) is 0 Å². The molecule has 5 nitrogen and oxygen atoms in total. The van der Waals surface area contributed by atoms with Crippen LogP contribution in [-0.2, 0) is 19.1 Å². The minimum atomic E-state index is -0.341. The molecule has 0 aliphatic carbocycles. The summed E-state index contributed by atoms with van der Waals surface area (Å²) in [6, 6.07) is 0. The van der Waals surface area contributed by atoms with Gasteiger partial charge in [-0.2, -0.15) is 11.8 Å². The molecule has 1 rings (SSSR count). The number of carbonyl (C=O) groups is 2. The Morgan fingerprint density at radius 1 is 0.446 bits per heavy atom. The molecule has 0 saturated carbocycles. The molecule has 6 heteroatoms. The maximum atomic E-state index is 14.0. The van der Waals surface area contributed by atoms with Gasteiger partial charge in [-0.05, 0) is 51.5 Å². The number of ether oxygens (including phenoxy) is 2. The summed E-state index contributed by atoms with van der Waals surface area (Å²) in [4.78, 5) is 30.3. The van der Waals surface area contributed by atoms with Crippen molar-refractivity contribution in [3.05, 3.63) is 0 Å². The molecule has 1 heterocycles. The van der Waals surface area contributed by atoms with Gasteiger partial charge in [-0.1, -0.05) is 207 Å². The molecular weight excluding hydrogens is 711 g/mol. The van der Waals surface area contributed by atoms with Gasteiger partial charge in [-0.15, -0.1) is 0 Å². The number of hydrogen-bond acceptors (Lipinski definition) is 6. The highest BCUT2D eigenvalue weighted by Gasteiger charge is 2.26. The first-order valence-electron chi connectivity index (χ1n) is 25.2. The Balaban J connectivity index is 2.86. The number of thioether (sulfide) groups is 1. The zero-order chi connectivity index (χ0) is 40.6. The number of rotatable bonds is 42. The van der Waals surface area contributed by atoms with Crippen LogP contribution < -0.4 is 0 Å². The number of carbonyl (C=O) groups excluding carboxylic acids is 2. The van der Waals surface area contributed by atoms with Gasteiger partial charge < -0.3 is 14.4 Å². The predicted octanol–water partition coefficient (Wildman–Crippen LogP) is 15.5. The molecule has 0 aromatic rings. The quantitative estimate of drug-likeness (QED) is 0.0452. The zero-order valence-corrected chi connectivity index (χ0v) is 39.0. The van der Waals surface area contributed by atoms with Crippen molar-refractivity contribution in [3.8, 4) is 0 Å². The summed E-state index contributed by atoms with van der Waals surface area (Å²) in [5, 5.41) is 0. The smallest absolute Gasteiger partial charge is 0.309 e. The largest absolute Gasteiger partial charge is 0.462 e. The first-order chi connectivity index (χ1) is 27.5. The van der Waals surface area contributed by atoms with E-state index in [4.69, 9.17) is 9.47 Å². The summed E-state index contributed by atoms with van der Waals surface area (Å²) in [5.41, 5.74) is 0. The van der Waals surface area contributed by atoms with E-state index in [2.05, 4.69) is 44.4 Å². The van der Waals surface area contributed by atoms with Crippen LogP contribution in [0, 0.1) is 11.8 Å². The average molecular weight is 808 g/mol. The Labute approximate surface area is 354 Å². The predicted molar refractivity (Wildman–Crippen MR) is 246 cm³/mol. The first-order valence-corrected chi connectivity index (χ1v) is 26.4. The minimum absolute atomic E-state index is 0.0295. The molecule has 1 fully saturated rings. The Kier molecular flexibility index (Phi) is 39.0. The molecule has 0 radical (unpaired) electrons. The van der Waals surface area contributed by atoms with Gasteiger partial charge in [0.15, 0.2) is 0 Å². The molecule has 332 valence electrons. The highest BCUT2D eigenvalue weighted by Crippen LogP contribution is 2.25. The lowest BCUT2D eigenvalue weighted by molar-refractivity contribution is -0.165. The fourth-order valence-electron chi connectivity index (χ4n) is 8.41. The first kappa shape index (κ1) is 53.3. The molecule has 3 atom stereocenters. The topological polar surface area (TPSA) is 55.8 Å². The van der Waals surface area contributed by atoms with Crippen LogP contribution >= 0.6 is 11.8 Å². The lowest BCUT2D eigenvalue weighted by Gasteiger charge is -2.26. The summed E-state index contributed by atoms with van der Waals surface area (Å²) in [6.45, 7) is 12.8. The van der Waals surface area contributed by atoms with Crippen LogP contribution in [0.3, 0.4) is 0 Å². The van der Waals surface area contributed by atoms with Crippen molar-refractivity contribution in [3.63, 3.8) is 0 Å². The summed E-state index contributed by atoms with van der Waals surface area (Å²) in [7, 11) is 0. The second kappa shape index (κ2) is 41.0. The van der Waals surface area contributed by atoms with Crippen LogP contribution in [0.25, 0.3) is 0 Å². The molecule has 0 amide bonds. The van der Waals surface area contributed by atoms with Gasteiger partial charge in [0.1, 0.15) is 12.7 Å². The summed E-state index contributed by atoms with van der Waals surface area (Å²) in [5.74, 6) is 2.32. The van der Waals surface area contributed by atoms with Crippen molar-refractivity contribution < 1.29 is 19.1 Å². The molecule has 1 saturated heterocycles. The molecule has 0 aromatic carbocycles. The van der Waals surface area contributed by atoms with Gasteiger partial charge in [0.25, 0.3) is 0 Å². The van der Waals surface area contributed by atoms with E-state index in [-0.39, 0.29) is 36.5 Å². The molecule has 0 N–H and O–H groups in total. The Morgan fingerprint density at radius 3 is 1.18 bits per heavy atom. The number of esters is 2. The highest BCUT2D eigenvalue weighted by atomic mass is 32.2. The second-order valence-electron chi connectivity index (χ2n) is 17.7. The lowest BCUT2D eigenvalue weighted by atomic mass is 9.94. The van der Waals surface area contributed by atoms with Crippen LogP contribution in [0.5, 0.6) is 0 Å². The molecule has 3 unspecified atom stereocenters. The van der Waals surface area contributed by atoms with Gasteiger partial charge >= 0.3 is 11.9 Å². The second-order valence-corrected chi connectivity index (χ2v) is 18.9. The third-order valence-corrected chi connectivity index (χ3v) is 13.3. The zero-order valence-electron chi connectivity index (χ0n) is 38.2. The van der Waals surface area contributed by atoms with Crippen molar-refractivity contribution in [2.45, 2.75) is 259 Å². The fraction of sp³-hybridized carbons (Fsp3) is 0.960. The Hall–Kier alpha value is -0.750. The van der Waals surface area contributed by atoms with E-state index in [0.717, 1.165) is 77.2 Å². The van der Waals surface area contributed by atoms with Crippen LogP contribution in [0.1, 0.15) is 252 Å². The highest BCUT2D eigenvalue weighted by molar-refractivity contribution is 7.99. The molecule has 0 aromatic heterocycles. The van der Waals surface area contributed by atoms with Gasteiger partial charge in [0.05, 0.1) is 11.8 Å². The monoisotopic (exact) mass is 808 g/mol. The van der Waals surface area contributed by atoms with Gasteiger partial charge in [-0.3, -0.25) is 9.59 Å². The third-order valence-electron chi connectivity index (χ3n) is 12.3. The molecule has 0 spiro atoms. The number of hydrogen-bond donors (Lipinski definition) is 0. The SMILES string of the molecule is CCCCCCCCCCC(CCCCCCCC)C(=O)OCC(CCCCN1CCSCC1)OC(=O)C(CCCCCCCC)CCCCCCCCCC. The van der Waals surface area contributed by atoms with Crippen molar-refractivity contribution >= 4 is 23.7 Å². The van der Waals surface area contributed by atoms with Gasteiger partial charge in [0, 0.05) is 24.6 Å². The maximum Gasteiger partial charge on any atom is 0.309 e. The average Bonchev–Trinajstić information content (AvgIpc) is 3.21. The van der Waals surface area contributed by atoms with E-state index < -0.39 is 0 Å². The maximum absolute atomic E-state index is 14.0. The molecular formula is C50H97NO4S. The van der Waals surface area contributed by atoms with E-state index in [0.29, 0.717) is 0 Å². The molecule has 56 heavy (non-hydrogen) atoms. The van der Waals surface area contributed by atoms with E-state index in [9.17, 15) is 9.59 Å². The summed E-state index contributed by atoms with van der Waals surface area (Å²) < 4.78 is 12.6. The number of unbranched alkanes of at least 4 members (excludes halogenated alkanes) is 25. The van der Waals surface area contributed by atoms with E-state index in [1.165, 1.54) is 179 Å². The fourth-order valence-corrected chi connectivity index (χ4v) is 9.39. The van der Waals surface area contributed by atoms with Crippen molar-refractivity contribution in [2.75, 3.05) is 37.7 Å². The lowest BCUT2D eigenvalue weighted by Crippen LogP contribution is -2.33. The van der Waals surface area contributed by atoms with E-state index in [1.807, 2.05) is 0 Å². The van der Waals surface area contributed by atoms with Crippen molar-refractivity contribution in [1.82, 2.24) is 4.90 Å². The molecule has 1 aliphatic heterocycles. The minimum Gasteiger partial charge on any atom is -0.462 e.